The van der Waals surface area contributed by atoms with Gasteiger partial charge in [-0.15, -0.1) is 11.8 Å². The molecule has 1 aliphatic heterocycles. The van der Waals surface area contributed by atoms with Crippen molar-refractivity contribution < 1.29 is 32.3 Å². The van der Waals surface area contributed by atoms with E-state index in [4.69, 9.17) is 21.1 Å². The number of sulfonamides is 1. The number of Topliss-reactive ketones (excluding diaryl/α,β-unsaturated/α-hetero) is 1. The van der Waals surface area contributed by atoms with Crippen LogP contribution in [-0.2, 0) is 24.3 Å². The van der Waals surface area contributed by atoms with Crippen LogP contribution in [0.4, 0.5) is 10.5 Å². The van der Waals surface area contributed by atoms with Crippen LogP contribution >= 0.6 is 23.4 Å². The van der Waals surface area contributed by atoms with E-state index in [0.717, 1.165) is 4.31 Å². The lowest BCUT2D eigenvalue weighted by Crippen LogP contribution is -2.65. The van der Waals surface area contributed by atoms with Gasteiger partial charge in [-0.1, -0.05) is 23.7 Å². The second-order valence-corrected chi connectivity index (χ2v) is 13.8. The molecule has 10 nitrogen and oxygen atoms in total. The molecule has 1 saturated heterocycles. The molecule has 2 atom stereocenters. The third-order valence-corrected chi connectivity index (χ3v) is 9.96. The van der Waals surface area contributed by atoms with E-state index in [1.807, 2.05) is 13.8 Å². The summed E-state index contributed by atoms with van der Waals surface area (Å²) >= 11 is 7.60. The number of nitrogens with one attached hydrogen (secondary N) is 1. The molecular weight excluding hydrogens is 578 g/mol. The van der Waals surface area contributed by atoms with Crippen molar-refractivity contribution in [2.75, 3.05) is 24.2 Å². The summed E-state index contributed by atoms with van der Waals surface area (Å²) in [5, 5.41) is 2.20. The molecule has 1 aliphatic rings. The maximum Gasteiger partial charge on any atom is 0.414 e. The molecule has 1 amide bonds. The van der Waals surface area contributed by atoms with Crippen LogP contribution in [0.3, 0.4) is 0 Å². The summed E-state index contributed by atoms with van der Waals surface area (Å²) in [5.74, 6) is -1.06. The van der Waals surface area contributed by atoms with Gasteiger partial charge >= 0.3 is 12.1 Å². The van der Waals surface area contributed by atoms with Crippen LogP contribution in [-0.4, -0.2) is 73.6 Å². The second-order valence-electron chi connectivity index (χ2n) is 10.6. The Morgan fingerprint density at radius 2 is 1.70 bits per heavy atom. The number of halogens is 1. The number of nitrogens with zero attached hydrogens (tertiary/aromatic N) is 2. The molecule has 0 radical (unpaired) electrons. The quantitative estimate of drug-likeness (QED) is 0.326. The van der Waals surface area contributed by atoms with Crippen molar-refractivity contribution in [3.8, 4) is 5.75 Å². The summed E-state index contributed by atoms with van der Waals surface area (Å²) in [4.78, 5) is 41.0. The summed E-state index contributed by atoms with van der Waals surface area (Å²) < 4.78 is 40.2. The first-order chi connectivity index (χ1) is 18.5. The van der Waals surface area contributed by atoms with Crippen molar-refractivity contribution in [2.24, 2.45) is 0 Å². The fourth-order valence-corrected chi connectivity index (χ4v) is 7.65. The van der Waals surface area contributed by atoms with Crippen molar-refractivity contribution in [1.29, 1.82) is 0 Å². The average Bonchev–Trinajstić information content (AvgIpc) is 3.23. The van der Waals surface area contributed by atoms with E-state index in [2.05, 4.69) is 5.32 Å². The first-order valence-corrected chi connectivity index (χ1v) is 15.3. The molecule has 1 fully saturated rings. The van der Waals surface area contributed by atoms with Crippen molar-refractivity contribution in [3.05, 3.63) is 53.6 Å². The van der Waals surface area contributed by atoms with E-state index in [1.165, 1.54) is 80.1 Å². The Morgan fingerprint density at radius 1 is 1.10 bits per heavy atom. The Labute approximate surface area is 244 Å². The van der Waals surface area contributed by atoms with Crippen LogP contribution in [0.25, 0.3) is 0 Å². The van der Waals surface area contributed by atoms with Crippen molar-refractivity contribution >= 4 is 56.9 Å². The Balaban J connectivity index is 2.26. The predicted octanol–water partition coefficient (Wildman–Crippen LogP) is 4.32. The third-order valence-electron chi connectivity index (χ3n) is 5.99. The van der Waals surface area contributed by atoms with Gasteiger partial charge in [0.1, 0.15) is 16.0 Å². The summed E-state index contributed by atoms with van der Waals surface area (Å²) in [5.41, 5.74) is -2.82. The van der Waals surface area contributed by atoms with Crippen molar-refractivity contribution in [2.45, 2.75) is 62.1 Å². The van der Waals surface area contributed by atoms with Gasteiger partial charge in [0.15, 0.2) is 5.78 Å². The van der Waals surface area contributed by atoms with E-state index >= 15 is 0 Å². The van der Waals surface area contributed by atoms with Gasteiger partial charge in [-0.3, -0.25) is 10.1 Å². The van der Waals surface area contributed by atoms with Gasteiger partial charge < -0.3 is 14.4 Å². The number of amides is 1. The molecular formula is C27H34ClN3O7S2. The zero-order valence-corrected chi connectivity index (χ0v) is 25.8. The molecule has 1 heterocycles. The first-order valence-electron chi connectivity index (χ1n) is 12.4. The van der Waals surface area contributed by atoms with Crippen molar-refractivity contribution in [3.63, 3.8) is 0 Å². The minimum atomic E-state index is -4.65. The number of hydrogen-bond acceptors (Lipinski definition) is 9. The molecule has 218 valence electrons. The number of hydrogen-bond donors (Lipinski definition) is 1. The largest absolute Gasteiger partial charge is 0.461 e. The Bertz CT molecular complexity index is 1380. The maximum absolute atomic E-state index is 14.4. The van der Waals surface area contributed by atoms with Crippen LogP contribution in [0, 0.1) is 0 Å². The average molecular weight is 612 g/mol. The van der Waals surface area contributed by atoms with Crippen LogP contribution in [0.5, 0.6) is 5.75 Å². The molecule has 2 aromatic rings. The molecule has 3 rings (SSSR count). The van der Waals surface area contributed by atoms with Crippen LogP contribution in [0.1, 0.15) is 34.6 Å². The van der Waals surface area contributed by atoms with E-state index in [-0.39, 0.29) is 21.4 Å². The van der Waals surface area contributed by atoms with Crippen molar-refractivity contribution in [1.82, 2.24) is 10.2 Å². The summed E-state index contributed by atoms with van der Waals surface area (Å²) in [7, 11) is -1.62. The van der Waals surface area contributed by atoms with E-state index in [1.54, 1.807) is 19.9 Å². The Kier molecular flexibility index (Phi) is 9.50. The highest BCUT2D eigenvalue weighted by molar-refractivity contribution is 8.01. The molecule has 0 saturated carbocycles. The van der Waals surface area contributed by atoms with Gasteiger partial charge in [0.2, 0.25) is 5.54 Å². The van der Waals surface area contributed by atoms with E-state index in [0.29, 0.717) is 5.75 Å². The lowest BCUT2D eigenvalue weighted by molar-refractivity contribution is -0.156. The standard InChI is InChI=1S/C27H34ClN3O7S2/c1-17(2)37-24(33)27(5,22(32)23-29-26(3,4)16-39-23)31(40(35,36)21-11-9-8-10-20(21)28)18-12-14-19(15-13-18)38-25(34)30(6)7/h8-15,17,23,29H,16H2,1-7H3/t23-,27+/m0/s1. The second kappa shape index (κ2) is 12.0. The topological polar surface area (TPSA) is 122 Å². The van der Waals surface area contributed by atoms with Gasteiger partial charge in [0, 0.05) is 25.4 Å². The number of thioether (sulfide) groups is 1. The summed E-state index contributed by atoms with van der Waals surface area (Å²) in [6.07, 6.45) is -1.28. The molecule has 2 aromatic carbocycles. The molecule has 0 aromatic heterocycles. The minimum absolute atomic E-state index is 0.0385. The van der Waals surface area contributed by atoms with E-state index in [9.17, 15) is 22.8 Å². The normalized spacial score (nSPS) is 18.1. The van der Waals surface area contributed by atoms with Gasteiger partial charge in [-0.2, -0.15) is 0 Å². The number of benzene rings is 2. The number of ether oxygens (including phenoxy) is 2. The Morgan fingerprint density at radius 3 is 2.20 bits per heavy atom. The van der Waals surface area contributed by atoms with E-state index < -0.39 is 50.4 Å². The molecule has 0 bridgehead atoms. The lowest BCUT2D eigenvalue weighted by Gasteiger charge is -2.40. The van der Waals surface area contributed by atoms with Crippen LogP contribution in [0.2, 0.25) is 5.02 Å². The highest BCUT2D eigenvalue weighted by Crippen LogP contribution is 2.39. The lowest BCUT2D eigenvalue weighted by atomic mass is 9.94. The SMILES string of the molecule is CC(C)OC(=O)[C@@](C)(C(=O)[C@H]1NC(C)(C)CS1)N(c1ccc(OC(=O)N(C)C)cc1)S(=O)(=O)c1ccccc1Cl. The monoisotopic (exact) mass is 611 g/mol. The van der Waals surface area contributed by atoms with Gasteiger partial charge in [-0.25, -0.2) is 22.3 Å². The summed E-state index contributed by atoms with van der Waals surface area (Å²) in [6, 6.07) is 11.2. The van der Waals surface area contributed by atoms with Gasteiger partial charge in [0.05, 0.1) is 16.8 Å². The van der Waals surface area contributed by atoms with Gasteiger partial charge in [-0.05, 0) is 71.0 Å². The molecule has 13 heteroatoms. The van der Waals surface area contributed by atoms with Crippen LogP contribution < -0.4 is 14.4 Å². The number of ketones is 1. The highest BCUT2D eigenvalue weighted by atomic mass is 35.5. The first kappa shape index (κ1) is 31.7. The molecule has 0 aliphatic carbocycles. The minimum Gasteiger partial charge on any atom is -0.461 e. The fraction of sp³-hybridized carbons (Fsp3) is 0.444. The number of rotatable bonds is 9. The maximum atomic E-state index is 14.4. The predicted molar refractivity (Wildman–Crippen MR) is 155 cm³/mol. The number of carbonyl (C=O) groups is 3. The zero-order valence-electron chi connectivity index (χ0n) is 23.4. The van der Waals surface area contributed by atoms with Crippen LogP contribution in [0.15, 0.2) is 53.4 Å². The number of esters is 1. The number of carbonyl (C=O) groups excluding carboxylic acids is 3. The molecule has 0 unspecified atom stereocenters. The Hall–Kier alpha value is -2.80. The fourth-order valence-electron chi connectivity index (χ4n) is 3.97. The molecule has 0 spiro atoms. The third kappa shape index (κ3) is 6.56. The smallest absolute Gasteiger partial charge is 0.414 e. The number of anilines is 1. The zero-order chi connectivity index (χ0) is 30.0. The highest BCUT2D eigenvalue weighted by Gasteiger charge is 2.57. The van der Waals surface area contributed by atoms with Gasteiger partial charge in [0.25, 0.3) is 10.0 Å². The molecule has 40 heavy (non-hydrogen) atoms. The molecule has 1 N–H and O–H groups in total. The summed E-state index contributed by atoms with van der Waals surface area (Å²) in [6.45, 7) is 8.26.